The second-order valence-electron chi connectivity index (χ2n) is 6.16. The van der Waals surface area contributed by atoms with Crippen LogP contribution in [-0.4, -0.2) is 18.5 Å². The first-order valence-electron chi connectivity index (χ1n) is 7.11. The van der Waals surface area contributed by atoms with Crippen molar-refractivity contribution in [2.24, 2.45) is 29.4 Å². The molecule has 2 rings (SSSR count). The van der Waals surface area contributed by atoms with E-state index in [0.29, 0.717) is 0 Å². The standard InChI is InChI=1S/C14H26N2O.ClH/c1-9(10(2)15)14(17)16-6-5-13-8-11-3-4-12(13)7-11;/h9-13H,3-8,15H2,1-2H3,(H,16,17);1H. The van der Waals surface area contributed by atoms with Crippen molar-refractivity contribution >= 4 is 18.3 Å². The number of fused-ring (bicyclic) bond motifs is 2. The quantitative estimate of drug-likeness (QED) is 0.808. The summed E-state index contributed by atoms with van der Waals surface area (Å²) in [5.74, 6) is 2.88. The van der Waals surface area contributed by atoms with Gasteiger partial charge in [-0.25, -0.2) is 0 Å². The summed E-state index contributed by atoms with van der Waals surface area (Å²) < 4.78 is 0. The summed E-state index contributed by atoms with van der Waals surface area (Å²) in [5, 5.41) is 3.03. The van der Waals surface area contributed by atoms with Crippen molar-refractivity contribution in [3.8, 4) is 0 Å². The Morgan fingerprint density at radius 2 is 2.06 bits per heavy atom. The number of carbonyl (C=O) groups excluding carboxylic acids is 1. The Hall–Kier alpha value is -0.280. The lowest BCUT2D eigenvalue weighted by Gasteiger charge is -2.22. The molecule has 0 aromatic heterocycles. The predicted octanol–water partition coefficient (Wildman–Crippen LogP) is 2.33. The van der Waals surface area contributed by atoms with Gasteiger partial charge >= 0.3 is 0 Å². The predicted molar refractivity (Wildman–Crippen MR) is 76.6 cm³/mol. The molecule has 0 aliphatic heterocycles. The van der Waals surface area contributed by atoms with E-state index in [4.69, 9.17) is 5.73 Å². The number of nitrogens with one attached hydrogen (secondary N) is 1. The van der Waals surface area contributed by atoms with Crippen LogP contribution in [0.4, 0.5) is 0 Å². The number of halogens is 1. The summed E-state index contributed by atoms with van der Waals surface area (Å²) in [6.07, 6.45) is 6.91. The molecule has 5 atom stereocenters. The van der Waals surface area contributed by atoms with Gasteiger partial charge in [-0.3, -0.25) is 4.79 Å². The van der Waals surface area contributed by atoms with E-state index in [-0.39, 0.29) is 30.3 Å². The molecule has 2 aliphatic carbocycles. The van der Waals surface area contributed by atoms with Crippen molar-refractivity contribution in [1.82, 2.24) is 5.32 Å². The minimum Gasteiger partial charge on any atom is -0.356 e. The highest BCUT2D eigenvalue weighted by molar-refractivity contribution is 5.85. The highest BCUT2D eigenvalue weighted by atomic mass is 35.5. The van der Waals surface area contributed by atoms with Gasteiger partial charge in [-0.15, -0.1) is 12.4 Å². The van der Waals surface area contributed by atoms with Crippen molar-refractivity contribution in [2.75, 3.05) is 6.54 Å². The Balaban J connectivity index is 0.00000162. The highest BCUT2D eigenvalue weighted by Gasteiger charge is 2.38. The summed E-state index contributed by atoms with van der Waals surface area (Å²) in [7, 11) is 0. The van der Waals surface area contributed by atoms with Crippen LogP contribution in [0.3, 0.4) is 0 Å². The molecule has 5 unspecified atom stereocenters. The van der Waals surface area contributed by atoms with Gasteiger partial charge in [0.25, 0.3) is 0 Å². The Labute approximate surface area is 117 Å². The third-order valence-electron chi connectivity index (χ3n) is 4.90. The van der Waals surface area contributed by atoms with Gasteiger partial charge in [-0.2, -0.15) is 0 Å². The average Bonchev–Trinajstić information content (AvgIpc) is 2.89. The molecule has 2 saturated carbocycles. The van der Waals surface area contributed by atoms with E-state index < -0.39 is 0 Å². The van der Waals surface area contributed by atoms with E-state index in [0.717, 1.165) is 24.3 Å². The average molecular weight is 275 g/mol. The van der Waals surface area contributed by atoms with E-state index in [2.05, 4.69) is 5.32 Å². The fourth-order valence-electron chi connectivity index (χ4n) is 3.51. The van der Waals surface area contributed by atoms with Gasteiger partial charge < -0.3 is 11.1 Å². The first kappa shape index (κ1) is 15.8. The molecule has 0 spiro atoms. The number of amides is 1. The summed E-state index contributed by atoms with van der Waals surface area (Å²) in [6.45, 7) is 4.63. The van der Waals surface area contributed by atoms with Crippen LogP contribution in [0.15, 0.2) is 0 Å². The second kappa shape index (κ2) is 6.76. The van der Waals surface area contributed by atoms with Crippen molar-refractivity contribution in [3.05, 3.63) is 0 Å². The van der Waals surface area contributed by atoms with E-state index in [1.54, 1.807) is 0 Å². The van der Waals surface area contributed by atoms with Crippen LogP contribution in [0.1, 0.15) is 46.0 Å². The number of hydrogen-bond acceptors (Lipinski definition) is 2. The molecule has 1 amide bonds. The van der Waals surface area contributed by atoms with Gasteiger partial charge in [0.1, 0.15) is 0 Å². The SMILES string of the molecule is CC(N)C(C)C(=O)NCCC1CC2CCC1C2.Cl. The lowest BCUT2D eigenvalue weighted by molar-refractivity contribution is -0.124. The van der Waals surface area contributed by atoms with Crippen molar-refractivity contribution in [2.45, 2.75) is 52.0 Å². The molecule has 106 valence electrons. The molecule has 3 nitrogen and oxygen atoms in total. The van der Waals surface area contributed by atoms with Gasteiger partial charge in [0, 0.05) is 18.5 Å². The maximum atomic E-state index is 11.7. The van der Waals surface area contributed by atoms with Crippen LogP contribution in [0.5, 0.6) is 0 Å². The third kappa shape index (κ3) is 3.61. The highest BCUT2D eigenvalue weighted by Crippen LogP contribution is 2.49. The summed E-state index contributed by atoms with van der Waals surface area (Å²) >= 11 is 0. The van der Waals surface area contributed by atoms with Crippen molar-refractivity contribution < 1.29 is 4.79 Å². The van der Waals surface area contributed by atoms with E-state index in [1.807, 2.05) is 13.8 Å². The fourth-order valence-corrected chi connectivity index (χ4v) is 3.51. The molecule has 0 aromatic rings. The lowest BCUT2D eigenvalue weighted by atomic mass is 9.86. The normalized spacial score (nSPS) is 32.7. The van der Waals surface area contributed by atoms with Crippen LogP contribution >= 0.6 is 12.4 Å². The maximum absolute atomic E-state index is 11.7. The zero-order valence-corrected chi connectivity index (χ0v) is 12.3. The van der Waals surface area contributed by atoms with Crippen LogP contribution in [0, 0.1) is 23.7 Å². The minimum atomic E-state index is -0.0740. The van der Waals surface area contributed by atoms with Crippen molar-refractivity contribution in [1.29, 1.82) is 0 Å². The van der Waals surface area contributed by atoms with E-state index in [9.17, 15) is 4.79 Å². The van der Waals surface area contributed by atoms with Gasteiger partial charge in [0.05, 0.1) is 0 Å². The molecular formula is C14H27ClN2O. The number of carbonyl (C=O) groups is 1. The lowest BCUT2D eigenvalue weighted by Crippen LogP contribution is -2.39. The molecule has 3 N–H and O–H groups in total. The Morgan fingerprint density at radius 1 is 1.33 bits per heavy atom. The van der Waals surface area contributed by atoms with Gasteiger partial charge in [-0.05, 0) is 50.4 Å². The van der Waals surface area contributed by atoms with Crippen molar-refractivity contribution in [3.63, 3.8) is 0 Å². The first-order valence-corrected chi connectivity index (χ1v) is 7.11. The topological polar surface area (TPSA) is 55.1 Å². The zero-order chi connectivity index (χ0) is 12.4. The molecular weight excluding hydrogens is 248 g/mol. The monoisotopic (exact) mass is 274 g/mol. The third-order valence-corrected chi connectivity index (χ3v) is 4.90. The molecule has 0 aromatic carbocycles. The van der Waals surface area contributed by atoms with Gasteiger partial charge in [-0.1, -0.05) is 13.3 Å². The fraction of sp³-hybridized carbons (Fsp3) is 0.929. The molecule has 18 heavy (non-hydrogen) atoms. The molecule has 0 saturated heterocycles. The molecule has 4 heteroatoms. The first-order chi connectivity index (χ1) is 8.08. The van der Waals surface area contributed by atoms with E-state index >= 15 is 0 Å². The number of hydrogen-bond donors (Lipinski definition) is 2. The largest absolute Gasteiger partial charge is 0.356 e. The summed E-state index contributed by atoms with van der Waals surface area (Å²) in [4.78, 5) is 11.7. The van der Waals surface area contributed by atoms with Crippen LogP contribution < -0.4 is 11.1 Å². The van der Waals surface area contributed by atoms with Gasteiger partial charge in [0.2, 0.25) is 5.91 Å². The van der Waals surface area contributed by atoms with Crippen LogP contribution in [-0.2, 0) is 4.79 Å². The Morgan fingerprint density at radius 3 is 2.56 bits per heavy atom. The molecule has 2 aliphatic rings. The number of rotatable bonds is 5. The Kier molecular flexibility index (Phi) is 5.93. The van der Waals surface area contributed by atoms with E-state index in [1.165, 1.54) is 32.1 Å². The van der Waals surface area contributed by atoms with Crippen LogP contribution in [0.2, 0.25) is 0 Å². The number of nitrogens with two attached hydrogens (primary N) is 1. The summed E-state index contributed by atoms with van der Waals surface area (Å²) in [5.41, 5.74) is 5.72. The molecule has 0 radical (unpaired) electrons. The second-order valence-corrected chi connectivity index (χ2v) is 6.16. The minimum absolute atomic E-state index is 0. The van der Waals surface area contributed by atoms with Gasteiger partial charge in [0.15, 0.2) is 0 Å². The zero-order valence-electron chi connectivity index (χ0n) is 11.5. The Bertz CT molecular complexity index is 283. The maximum Gasteiger partial charge on any atom is 0.224 e. The summed E-state index contributed by atoms with van der Waals surface area (Å²) in [6, 6.07) is -0.0579. The molecule has 2 fully saturated rings. The molecule has 2 bridgehead atoms. The van der Waals surface area contributed by atoms with Crippen LogP contribution in [0.25, 0.3) is 0 Å². The molecule has 0 heterocycles. The smallest absolute Gasteiger partial charge is 0.224 e.